The van der Waals surface area contributed by atoms with Crippen molar-refractivity contribution in [1.82, 2.24) is 15.5 Å². The number of carbonyl (C=O) groups excluding carboxylic acids is 1. The highest BCUT2D eigenvalue weighted by Crippen LogP contribution is 2.26. The number of rotatable bonds is 5. The molecule has 7 heteroatoms. The zero-order chi connectivity index (χ0) is 18.0. The van der Waals surface area contributed by atoms with Crippen LogP contribution in [0.5, 0.6) is 0 Å². The van der Waals surface area contributed by atoms with Crippen molar-refractivity contribution in [1.29, 1.82) is 0 Å². The number of amides is 1. The van der Waals surface area contributed by atoms with Crippen LogP contribution in [0.15, 0.2) is 45.7 Å². The molecule has 0 aliphatic rings. The summed E-state index contributed by atoms with van der Waals surface area (Å²) in [6, 6.07) is 8.59. The van der Waals surface area contributed by atoms with Crippen LogP contribution in [0.4, 0.5) is 0 Å². The second-order valence-electron chi connectivity index (χ2n) is 6.12. The van der Waals surface area contributed by atoms with E-state index in [1.807, 2.05) is 6.92 Å². The third kappa shape index (κ3) is 3.61. The van der Waals surface area contributed by atoms with E-state index in [9.17, 15) is 9.90 Å². The smallest absolute Gasteiger partial charge is 0.251 e. The fraction of sp³-hybridized carbons (Fsp3) is 0.278. The van der Waals surface area contributed by atoms with Gasteiger partial charge in [0.15, 0.2) is 0 Å². The number of aryl methyl sites for hydroxylation is 2. The average molecular weight is 341 g/mol. The quantitative estimate of drug-likeness (QED) is 0.739. The Hall–Kier alpha value is -2.93. The molecule has 0 radical (unpaired) electrons. The van der Waals surface area contributed by atoms with Crippen molar-refractivity contribution in [3.05, 3.63) is 59.4 Å². The summed E-state index contributed by atoms with van der Waals surface area (Å²) in [6.45, 7) is 5.31. The molecule has 2 N–H and O–H groups in total. The van der Waals surface area contributed by atoms with E-state index in [1.165, 1.54) is 6.39 Å². The lowest BCUT2D eigenvalue weighted by atomic mass is 9.96. The van der Waals surface area contributed by atoms with E-state index in [1.54, 1.807) is 44.2 Å². The summed E-state index contributed by atoms with van der Waals surface area (Å²) < 4.78 is 10.1. The van der Waals surface area contributed by atoms with Gasteiger partial charge in [0.05, 0.1) is 6.54 Å². The van der Waals surface area contributed by atoms with Crippen LogP contribution >= 0.6 is 0 Å². The molecule has 0 fully saturated rings. The number of benzene rings is 1. The van der Waals surface area contributed by atoms with Gasteiger partial charge in [-0.2, -0.15) is 4.98 Å². The molecule has 130 valence electrons. The Labute approximate surface area is 144 Å². The standard InChI is InChI=1S/C18H19N3O4/c1-11-8-15(12(2)25-11)18(3,23)9-19-17(22)14-6-4-13(5-7-14)16-20-10-24-21-16/h4-8,10,23H,9H2,1-3H3,(H,19,22). The van der Waals surface area contributed by atoms with Crippen LogP contribution in [-0.2, 0) is 5.60 Å². The minimum absolute atomic E-state index is 0.0677. The van der Waals surface area contributed by atoms with Crippen molar-refractivity contribution in [3.8, 4) is 11.4 Å². The largest absolute Gasteiger partial charge is 0.466 e. The Morgan fingerprint density at radius 1 is 1.28 bits per heavy atom. The highest BCUT2D eigenvalue weighted by Gasteiger charge is 2.28. The number of nitrogens with zero attached hydrogens (tertiary/aromatic N) is 2. The Morgan fingerprint density at radius 3 is 2.56 bits per heavy atom. The number of nitrogens with one attached hydrogen (secondary N) is 1. The molecule has 0 saturated heterocycles. The monoisotopic (exact) mass is 341 g/mol. The lowest BCUT2D eigenvalue weighted by Crippen LogP contribution is -2.38. The van der Waals surface area contributed by atoms with Crippen molar-refractivity contribution < 1.29 is 18.8 Å². The van der Waals surface area contributed by atoms with Crippen LogP contribution in [0.3, 0.4) is 0 Å². The van der Waals surface area contributed by atoms with Gasteiger partial charge in [0.1, 0.15) is 17.1 Å². The van der Waals surface area contributed by atoms with E-state index in [0.29, 0.717) is 22.7 Å². The summed E-state index contributed by atoms with van der Waals surface area (Å²) in [5.41, 5.74) is 0.671. The molecule has 2 heterocycles. The van der Waals surface area contributed by atoms with E-state index in [-0.39, 0.29) is 12.5 Å². The Bertz CT molecular complexity index is 864. The minimum atomic E-state index is -1.22. The van der Waals surface area contributed by atoms with Crippen molar-refractivity contribution >= 4 is 5.91 Å². The summed E-state index contributed by atoms with van der Waals surface area (Å²) in [5, 5.41) is 17.1. The first-order valence-electron chi connectivity index (χ1n) is 7.82. The molecule has 0 spiro atoms. The minimum Gasteiger partial charge on any atom is -0.466 e. The van der Waals surface area contributed by atoms with Gasteiger partial charge in [-0.15, -0.1) is 0 Å². The molecule has 0 aliphatic heterocycles. The third-order valence-corrected chi connectivity index (χ3v) is 3.98. The number of carbonyl (C=O) groups is 1. The second kappa shape index (κ2) is 6.52. The van der Waals surface area contributed by atoms with Crippen molar-refractivity contribution in [2.24, 2.45) is 0 Å². The average Bonchev–Trinajstić information content (AvgIpc) is 3.23. The van der Waals surface area contributed by atoms with E-state index in [4.69, 9.17) is 8.94 Å². The number of hydrogen-bond donors (Lipinski definition) is 2. The highest BCUT2D eigenvalue weighted by molar-refractivity contribution is 5.94. The van der Waals surface area contributed by atoms with Crippen molar-refractivity contribution in [3.63, 3.8) is 0 Å². The maximum atomic E-state index is 12.3. The van der Waals surface area contributed by atoms with Gasteiger partial charge in [0, 0.05) is 16.7 Å². The fourth-order valence-electron chi connectivity index (χ4n) is 2.68. The first-order valence-corrected chi connectivity index (χ1v) is 7.82. The summed E-state index contributed by atoms with van der Waals surface area (Å²) in [5.74, 6) is 1.54. The van der Waals surface area contributed by atoms with E-state index in [2.05, 4.69) is 15.5 Å². The van der Waals surface area contributed by atoms with Gasteiger partial charge in [-0.05, 0) is 39.0 Å². The van der Waals surface area contributed by atoms with Gasteiger partial charge >= 0.3 is 0 Å². The van der Waals surface area contributed by atoms with Crippen LogP contribution in [0.25, 0.3) is 11.4 Å². The predicted octanol–water partition coefficient (Wildman–Crippen LogP) is 2.58. The van der Waals surface area contributed by atoms with Gasteiger partial charge in [-0.1, -0.05) is 17.3 Å². The number of furan rings is 1. The number of hydrogen-bond acceptors (Lipinski definition) is 6. The van der Waals surface area contributed by atoms with Crippen LogP contribution in [0, 0.1) is 13.8 Å². The Morgan fingerprint density at radius 2 is 2.00 bits per heavy atom. The summed E-state index contributed by atoms with van der Waals surface area (Å²) in [4.78, 5) is 16.3. The van der Waals surface area contributed by atoms with E-state index < -0.39 is 5.60 Å². The molecule has 1 amide bonds. The van der Waals surface area contributed by atoms with Crippen molar-refractivity contribution in [2.45, 2.75) is 26.4 Å². The first kappa shape index (κ1) is 16.9. The Balaban J connectivity index is 1.67. The Kier molecular flexibility index (Phi) is 4.41. The molecule has 2 aromatic heterocycles. The SMILES string of the molecule is Cc1cc(C(C)(O)CNC(=O)c2ccc(-c3ncon3)cc2)c(C)o1. The third-order valence-electron chi connectivity index (χ3n) is 3.98. The number of aromatic nitrogens is 2. The van der Waals surface area contributed by atoms with Gasteiger partial charge in [0.2, 0.25) is 12.2 Å². The predicted molar refractivity (Wildman–Crippen MR) is 89.8 cm³/mol. The molecule has 1 unspecified atom stereocenters. The second-order valence-corrected chi connectivity index (χ2v) is 6.12. The topological polar surface area (TPSA) is 101 Å². The van der Waals surface area contributed by atoms with Gasteiger partial charge in [-0.25, -0.2) is 0 Å². The van der Waals surface area contributed by atoms with Crippen LogP contribution in [0.2, 0.25) is 0 Å². The summed E-state index contributed by atoms with van der Waals surface area (Å²) in [7, 11) is 0. The molecule has 7 nitrogen and oxygen atoms in total. The summed E-state index contributed by atoms with van der Waals surface area (Å²) >= 11 is 0. The zero-order valence-corrected chi connectivity index (χ0v) is 14.2. The van der Waals surface area contributed by atoms with Gasteiger partial charge < -0.3 is 19.4 Å². The molecule has 3 rings (SSSR count). The molecule has 0 aliphatic carbocycles. The lowest BCUT2D eigenvalue weighted by molar-refractivity contribution is 0.0514. The molecular formula is C18H19N3O4. The highest BCUT2D eigenvalue weighted by atomic mass is 16.5. The first-order chi connectivity index (χ1) is 11.9. The molecule has 0 bridgehead atoms. The van der Waals surface area contributed by atoms with E-state index >= 15 is 0 Å². The molecule has 1 aromatic carbocycles. The normalized spacial score (nSPS) is 13.4. The van der Waals surface area contributed by atoms with Crippen LogP contribution in [0.1, 0.15) is 34.4 Å². The van der Waals surface area contributed by atoms with Gasteiger partial charge in [0.25, 0.3) is 5.91 Å². The molecular weight excluding hydrogens is 322 g/mol. The molecule has 25 heavy (non-hydrogen) atoms. The van der Waals surface area contributed by atoms with Gasteiger partial charge in [-0.3, -0.25) is 4.79 Å². The fourth-order valence-corrected chi connectivity index (χ4v) is 2.68. The van der Waals surface area contributed by atoms with E-state index in [0.717, 1.165) is 11.3 Å². The molecule has 1 atom stereocenters. The summed E-state index contributed by atoms with van der Waals surface area (Å²) in [6.07, 6.45) is 1.25. The van der Waals surface area contributed by atoms with Crippen molar-refractivity contribution in [2.75, 3.05) is 6.54 Å². The number of aliphatic hydroxyl groups is 1. The molecule has 3 aromatic rings. The zero-order valence-electron chi connectivity index (χ0n) is 14.2. The molecule has 0 saturated carbocycles. The maximum Gasteiger partial charge on any atom is 0.251 e. The van der Waals surface area contributed by atoms with Crippen LogP contribution < -0.4 is 5.32 Å². The lowest BCUT2D eigenvalue weighted by Gasteiger charge is -2.23. The maximum absolute atomic E-state index is 12.3. The van der Waals surface area contributed by atoms with Crippen LogP contribution in [-0.4, -0.2) is 27.7 Å².